The number of amides is 1. The Labute approximate surface area is 110 Å². The molecule has 1 aliphatic carbocycles. The van der Waals surface area contributed by atoms with E-state index < -0.39 is 0 Å². The summed E-state index contributed by atoms with van der Waals surface area (Å²) in [6.45, 7) is 5.96. The first kappa shape index (κ1) is 13.8. The standard InChI is InChI=1S/C14H27N3O/c1-10-8-17(9-13(10)15)11(2)14(18)16-12-6-4-3-5-7-12/h10-13H,3-9,15H2,1-2H3,(H,16,18). The highest BCUT2D eigenvalue weighted by Gasteiger charge is 2.33. The van der Waals surface area contributed by atoms with E-state index in [-0.39, 0.29) is 18.0 Å². The van der Waals surface area contributed by atoms with Crippen LogP contribution in [0.5, 0.6) is 0 Å². The number of carbonyl (C=O) groups excluding carboxylic acids is 1. The SMILES string of the molecule is CC1CN(C(C)C(=O)NC2CCCCC2)CC1N. The molecule has 0 spiro atoms. The van der Waals surface area contributed by atoms with Crippen molar-refractivity contribution in [2.45, 2.75) is 64.1 Å². The average Bonchev–Trinajstić information content (AvgIpc) is 2.70. The highest BCUT2D eigenvalue weighted by molar-refractivity contribution is 5.81. The largest absolute Gasteiger partial charge is 0.352 e. The minimum absolute atomic E-state index is 0.0390. The van der Waals surface area contributed by atoms with Crippen molar-refractivity contribution in [3.8, 4) is 0 Å². The first-order valence-electron chi connectivity index (χ1n) is 7.38. The normalized spacial score (nSPS) is 32.4. The van der Waals surface area contributed by atoms with E-state index in [9.17, 15) is 4.79 Å². The molecule has 1 saturated heterocycles. The van der Waals surface area contributed by atoms with E-state index >= 15 is 0 Å². The van der Waals surface area contributed by atoms with Crippen molar-refractivity contribution in [1.82, 2.24) is 10.2 Å². The molecule has 0 bridgehead atoms. The van der Waals surface area contributed by atoms with Gasteiger partial charge in [-0.05, 0) is 25.7 Å². The maximum Gasteiger partial charge on any atom is 0.237 e. The minimum atomic E-state index is -0.0390. The number of nitrogens with two attached hydrogens (primary N) is 1. The fraction of sp³-hybridized carbons (Fsp3) is 0.929. The molecule has 0 aromatic heterocycles. The number of rotatable bonds is 3. The van der Waals surface area contributed by atoms with Gasteiger partial charge in [-0.3, -0.25) is 9.69 Å². The molecule has 2 rings (SSSR count). The van der Waals surface area contributed by atoms with Crippen LogP contribution in [-0.2, 0) is 4.79 Å². The lowest BCUT2D eigenvalue weighted by atomic mass is 9.95. The van der Waals surface area contributed by atoms with Crippen LogP contribution in [0.1, 0.15) is 46.0 Å². The lowest BCUT2D eigenvalue weighted by molar-refractivity contribution is -0.126. The van der Waals surface area contributed by atoms with Crippen molar-refractivity contribution < 1.29 is 4.79 Å². The van der Waals surface area contributed by atoms with Gasteiger partial charge in [0.05, 0.1) is 6.04 Å². The van der Waals surface area contributed by atoms with Gasteiger partial charge >= 0.3 is 0 Å². The average molecular weight is 253 g/mol. The zero-order valence-electron chi connectivity index (χ0n) is 11.7. The molecule has 1 saturated carbocycles. The van der Waals surface area contributed by atoms with E-state index in [1.54, 1.807) is 0 Å². The molecule has 4 heteroatoms. The molecule has 104 valence electrons. The molecule has 18 heavy (non-hydrogen) atoms. The van der Waals surface area contributed by atoms with Gasteiger partial charge in [-0.15, -0.1) is 0 Å². The van der Waals surface area contributed by atoms with Gasteiger partial charge < -0.3 is 11.1 Å². The van der Waals surface area contributed by atoms with Crippen LogP contribution in [0, 0.1) is 5.92 Å². The smallest absolute Gasteiger partial charge is 0.237 e. The topological polar surface area (TPSA) is 58.4 Å². The number of carbonyl (C=O) groups is 1. The van der Waals surface area contributed by atoms with Crippen LogP contribution in [0.15, 0.2) is 0 Å². The summed E-state index contributed by atoms with van der Waals surface area (Å²) in [5.41, 5.74) is 6.02. The van der Waals surface area contributed by atoms with E-state index in [0.29, 0.717) is 12.0 Å². The lowest BCUT2D eigenvalue weighted by Gasteiger charge is -2.28. The monoisotopic (exact) mass is 253 g/mol. The fourth-order valence-corrected chi connectivity index (χ4v) is 3.08. The summed E-state index contributed by atoms with van der Waals surface area (Å²) in [7, 11) is 0. The summed E-state index contributed by atoms with van der Waals surface area (Å²) in [6, 6.07) is 0.584. The zero-order valence-corrected chi connectivity index (χ0v) is 11.7. The molecule has 2 aliphatic rings. The highest BCUT2D eigenvalue weighted by atomic mass is 16.2. The number of hydrogen-bond acceptors (Lipinski definition) is 3. The third-order valence-corrected chi connectivity index (χ3v) is 4.58. The van der Waals surface area contributed by atoms with Gasteiger partial charge in [0.25, 0.3) is 0 Å². The Balaban J connectivity index is 1.81. The van der Waals surface area contributed by atoms with Crippen LogP contribution in [0.2, 0.25) is 0 Å². The molecule has 1 heterocycles. The third-order valence-electron chi connectivity index (χ3n) is 4.58. The Hall–Kier alpha value is -0.610. The Morgan fingerprint density at radius 2 is 1.94 bits per heavy atom. The number of hydrogen-bond donors (Lipinski definition) is 2. The predicted octanol–water partition coefficient (Wildman–Crippen LogP) is 1.10. The van der Waals surface area contributed by atoms with Crippen LogP contribution in [0.3, 0.4) is 0 Å². The van der Waals surface area contributed by atoms with Gasteiger partial charge in [-0.1, -0.05) is 26.2 Å². The molecule has 3 unspecified atom stereocenters. The van der Waals surface area contributed by atoms with Crippen molar-refractivity contribution in [1.29, 1.82) is 0 Å². The molecule has 4 nitrogen and oxygen atoms in total. The molecule has 0 radical (unpaired) electrons. The molecule has 0 aromatic rings. The molecule has 3 N–H and O–H groups in total. The summed E-state index contributed by atoms with van der Waals surface area (Å²) in [4.78, 5) is 14.4. The Kier molecular flexibility index (Phi) is 4.62. The number of nitrogens with zero attached hydrogens (tertiary/aromatic N) is 1. The first-order valence-corrected chi connectivity index (χ1v) is 7.38. The van der Waals surface area contributed by atoms with Crippen LogP contribution in [-0.4, -0.2) is 42.0 Å². The Morgan fingerprint density at radius 1 is 1.28 bits per heavy atom. The second kappa shape index (κ2) is 6.02. The highest BCUT2D eigenvalue weighted by Crippen LogP contribution is 2.19. The number of nitrogens with one attached hydrogen (secondary N) is 1. The summed E-state index contributed by atoms with van der Waals surface area (Å²) in [5.74, 6) is 0.679. The van der Waals surface area contributed by atoms with Crippen molar-refractivity contribution in [3.63, 3.8) is 0 Å². The van der Waals surface area contributed by atoms with Crippen molar-refractivity contribution in [3.05, 3.63) is 0 Å². The van der Waals surface area contributed by atoms with Crippen molar-refractivity contribution >= 4 is 5.91 Å². The molecular weight excluding hydrogens is 226 g/mol. The van der Waals surface area contributed by atoms with Gasteiger partial charge in [0.2, 0.25) is 5.91 Å². The van der Waals surface area contributed by atoms with E-state index in [2.05, 4.69) is 17.1 Å². The maximum atomic E-state index is 12.2. The van der Waals surface area contributed by atoms with Gasteiger partial charge in [-0.25, -0.2) is 0 Å². The molecule has 3 atom stereocenters. The van der Waals surface area contributed by atoms with Crippen molar-refractivity contribution in [2.75, 3.05) is 13.1 Å². The summed E-state index contributed by atoms with van der Waals surface area (Å²) in [6.07, 6.45) is 6.12. The lowest BCUT2D eigenvalue weighted by Crippen LogP contribution is -2.48. The summed E-state index contributed by atoms with van der Waals surface area (Å²) in [5, 5.41) is 3.20. The van der Waals surface area contributed by atoms with E-state index in [1.165, 1.54) is 19.3 Å². The number of likely N-dealkylation sites (tertiary alicyclic amines) is 1. The van der Waals surface area contributed by atoms with Crippen molar-refractivity contribution in [2.24, 2.45) is 11.7 Å². The Bertz CT molecular complexity index is 279. The molecule has 0 aromatic carbocycles. The molecule has 1 aliphatic heterocycles. The Morgan fingerprint density at radius 3 is 2.50 bits per heavy atom. The third kappa shape index (κ3) is 3.23. The molecule has 1 amide bonds. The van der Waals surface area contributed by atoms with Gasteiger partial charge in [0.1, 0.15) is 0 Å². The maximum absolute atomic E-state index is 12.2. The second-order valence-corrected chi connectivity index (χ2v) is 6.11. The zero-order chi connectivity index (χ0) is 13.1. The first-order chi connectivity index (χ1) is 8.58. The van der Waals surface area contributed by atoms with E-state index in [4.69, 9.17) is 5.73 Å². The molecular formula is C14H27N3O. The van der Waals surface area contributed by atoms with Gasteiger partial charge in [0, 0.05) is 25.2 Å². The summed E-state index contributed by atoms with van der Waals surface area (Å²) < 4.78 is 0. The summed E-state index contributed by atoms with van der Waals surface area (Å²) >= 11 is 0. The van der Waals surface area contributed by atoms with Crippen LogP contribution >= 0.6 is 0 Å². The quantitative estimate of drug-likeness (QED) is 0.792. The second-order valence-electron chi connectivity index (χ2n) is 6.11. The fourth-order valence-electron chi connectivity index (χ4n) is 3.08. The predicted molar refractivity (Wildman–Crippen MR) is 73.2 cm³/mol. The minimum Gasteiger partial charge on any atom is -0.352 e. The van der Waals surface area contributed by atoms with Crippen LogP contribution in [0.25, 0.3) is 0 Å². The van der Waals surface area contributed by atoms with Crippen LogP contribution in [0.4, 0.5) is 0 Å². The van der Waals surface area contributed by atoms with Crippen LogP contribution < -0.4 is 11.1 Å². The van der Waals surface area contributed by atoms with E-state index in [1.807, 2.05) is 6.92 Å². The van der Waals surface area contributed by atoms with E-state index in [0.717, 1.165) is 25.9 Å². The van der Waals surface area contributed by atoms with Gasteiger partial charge in [0.15, 0.2) is 0 Å². The molecule has 2 fully saturated rings. The van der Waals surface area contributed by atoms with Gasteiger partial charge in [-0.2, -0.15) is 0 Å².